The number of nitrogens with one attached hydrogen (secondary N) is 1. The van der Waals surface area contributed by atoms with Gasteiger partial charge in [-0.2, -0.15) is 5.10 Å². The largest absolute Gasteiger partial charge is 0.360 e. The molecule has 1 amide bonds. The maximum absolute atomic E-state index is 12.8. The number of hydrogen-bond donors (Lipinski definition) is 1. The quantitative estimate of drug-likeness (QED) is 0.726. The third kappa shape index (κ3) is 2.51. The van der Waals surface area contributed by atoms with Crippen molar-refractivity contribution >= 4 is 16.8 Å². The third-order valence-corrected chi connectivity index (χ3v) is 4.51. The van der Waals surface area contributed by atoms with Crippen LogP contribution in [0.2, 0.25) is 0 Å². The van der Waals surface area contributed by atoms with Crippen molar-refractivity contribution in [2.24, 2.45) is 7.05 Å². The highest BCUT2D eigenvalue weighted by Crippen LogP contribution is 2.19. The molecule has 25 heavy (non-hydrogen) atoms. The highest BCUT2D eigenvalue weighted by Gasteiger charge is 2.26. The molecule has 0 saturated carbocycles. The predicted octanol–water partition coefficient (Wildman–Crippen LogP) is 0.480. The molecule has 1 aliphatic rings. The highest BCUT2D eigenvalue weighted by atomic mass is 16.5. The van der Waals surface area contributed by atoms with Gasteiger partial charge in [-0.3, -0.25) is 9.59 Å². The van der Waals surface area contributed by atoms with E-state index in [0.717, 1.165) is 29.0 Å². The molecule has 0 aromatic carbocycles. The number of imidazole rings is 1. The highest BCUT2D eigenvalue weighted by molar-refractivity contribution is 6.04. The van der Waals surface area contributed by atoms with Gasteiger partial charge in [0, 0.05) is 32.3 Å². The Labute approximate surface area is 142 Å². The second kappa shape index (κ2) is 5.54. The minimum Gasteiger partial charge on any atom is -0.360 e. The smallest absolute Gasteiger partial charge is 0.296 e. The van der Waals surface area contributed by atoms with Gasteiger partial charge in [0.2, 0.25) is 0 Å². The summed E-state index contributed by atoms with van der Waals surface area (Å²) in [5.74, 6) is 1.11. The minimum absolute atomic E-state index is 0.0251. The lowest BCUT2D eigenvalue weighted by atomic mass is 10.1. The maximum atomic E-state index is 12.8. The molecule has 3 aromatic heterocycles. The minimum atomic E-state index is -0.389. The normalized spacial score (nSPS) is 16.8. The molecule has 0 aliphatic carbocycles. The number of aromatic nitrogens is 5. The van der Waals surface area contributed by atoms with Gasteiger partial charge in [0.05, 0.1) is 11.1 Å². The molecule has 0 spiro atoms. The Bertz CT molecular complexity index is 1040. The topological polar surface area (TPSA) is 108 Å². The van der Waals surface area contributed by atoms with Crippen molar-refractivity contribution in [3.63, 3.8) is 0 Å². The van der Waals surface area contributed by atoms with Crippen LogP contribution in [0.1, 0.15) is 34.2 Å². The zero-order valence-electron chi connectivity index (χ0n) is 14.2. The Morgan fingerprint density at radius 2 is 2.20 bits per heavy atom. The van der Waals surface area contributed by atoms with Crippen molar-refractivity contribution in [3.05, 3.63) is 39.5 Å². The van der Waals surface area contributed by atoms with E-state index in [1.807, 2.05) is 13.1 Å². The summed E-state index contributed by atoms with van der Waals surface area (Å²) < 4.78 is 8.26. The van der Waals surface area contributed by atoms with E-state index in [9.17, 15) is 9.59 Å². The number of aryl methyl sites for hydroxylation is 4. The number of carbonyl (C=O) groups excluding carboxylic acids is 1. The van der Waals surface area contributed by atoms with Gasteiger partial charge in [-0.1, -0.05) is 5.16 Å². The molecule has 1 N–H and O–H groups in total. The van der Waals surface area contributed by atoms with Gasteiger partial charge in [0.15, 0.2) is 11.2 Å². The molecule has 4 rings (SSSR count). The molecule has 9 heteroatoms. The Morgan fingerprint density at radius 1 is 1.40 bits per heavy atom. The first-order valence-electron chi connectivity index (χ1n) is 8.11. The van der Waals surface area contributed by atoms with Gasteiger partial charge >= 0.3 is 0 Å². The van der Waals surface area contributed by atoms with E-state index >= 15 is 0 Å². The summed E-state index contributed by atoms with van der Waals surface area (Å²) >= 11 is 0. The van der Waals surface area contributed by atoms with Crippen LogP contribution < -0.4 is 10.9 Å². The van der Waals surface area contributed by atoms with E-state index in [-0.39, 0.29) is 28.7 Å². The molecule has 0 fully saturated rings. The van der Waals surface area contributed by atoms with Crippen LogP contribution in [0.25, 0.3) is 10.9 Å². The number of amides is 1. The Hall–Kier alpha value is -2.97. The van der Waals surface area contributed by atoms with Crippen LogP contribution in [0.15, 0.2) is 15.5 Å². The van der Waals surface area contributed by atoms with Crippen LogP contribution >= 0.6 is 0 Å². The first-order chi connectivity index (χ1) is 11.9. The third-order valence-electron chi connectivity index (χ3n) is 4.51. The van der Waals surface area contributed by atoms with Gasteiger partial charge < -0.3 is 14.4 Å². The molecule has 0 bridgehead atoms. The first kappa shape index (κ1) is 15.6. The van der Waals surface area contributed by atoms with E-state index < -0.39 is 0 Å². The fraction of sp³-hybridized carbons (Fsp3) is 0.438. The number of rotatable bonds is 2. The van der Waals surface area contributed by atoms with Gasteiger partial charge in [-0.15, -0.1) is 0 Å². The molecule has 1 aliphatic heterocycles. The van der Waals surface area contributed by atoms with Crippen LogP contribution in [-0.2, 0) is 20.0 Å². The van der Waals surface area contributed by atoms with Crippen molar-refractivity contribution in [2.75, 3.05) is 0 Å². The van der Waals surface area contributed by atoms with Gasteiger partial charge in [-0.05, 0) is 20.3 Å². The number of hydrogen-bond acceptors (Lipinski definition) is 6. The summed E-state index contributed by atoms with van der Waals surface area (Å²) in [4.78, 5) is 29.3. The van der Waals surface area contributed by atoms with E-state index in [4.69, 9.17) is 4.52 Å². The van der Waals surface area contributed by atoms with E-state index in [0.29, 0.717) is 17.7 Å². The van der Waals surface area contributed by atoms with Crippen molar-refractivity contribution < 1.29 is 9.32 Å². The Morgan fingerprint density at radius 3 is 3.00 bits per heavy atom. The number of fused-ring (bicyclic) bond motifs is 2. The molecule has 130 valence electrons. The van der Waals surface area contributed by atoms with Crippen molar-refractivity contribution in [2.45, 2.75) is 39.3 Å². The van der Waals surface area contributed by atoms with Crippen LogP contribution in [0.3, 0.4) is 0 Å². The van der Waals surface area contributed by atoms with E-state index in [1.54, 1.807) is 6.92 Å². The van der Waals surface area contributed by atoms with Crippen molar-refractivity contribution in [1.82, 2.24) is 29.8 Å². The zero-order valence-corrected chi connectivity index (χ0v) is 14.2. The molecule has 0 unspecified atom stereocenters. The molecule has 9 nitrogen and oxygen atoms in total. The Kier molecular flexibility index (Phi) is 3.45. The maximum Gasteiger partial charge on any atom is 0.296 e. The predicted molar refractivity (Wildman–Crippen MR) is 88.3 cm³/mol. The van der Waals surface area contributed by atoms with E-state index in [2.05, 4.69) is 25.1 Å². The van der Waals surface area contributed by atoms with Crippen molar-refractivity contribution in [3.8, 4) is 0 Å². The van der Waals surface area contributed by atoms with Crippen LogP contribution in [0.4, 0.5) is 0 Å². The Balaban J connectivity index is 1.64. The summed E-state index contributed by atoms with van der Waals surface area (Å²) in [7, 11) is 1.49. The molecular formula is C16H18N6O3. The van der Waals surface area contributed by atoms with Crippen molar-refractivity contribution in [1.29, 1.82) is 0 Å². The lowest BCUT2D eigenvalue weighted by Crippen LogP contribution is -2.41. The van der Waals surface area contributed by atoms with Crippen LogP contribution in [0.5, 0.6) is 0 Å². The molecular weight excluding hydrogens is 324 g/mol. The second-order valence-electron chi connectivity index (χ2n) is 6.40. The molecule has 1 atom stereocenters. The number of carbonyl (C=O) groups is 1. The monoisotopic (exact) mass is 342 g/mol. The summed E-state index contributed by atoms with van der Waals surface area (Å²) in [5, 5.41) is 11.3. The van der Waals surface area contributed by atoms with Crippen LogP contribution in [0, 0.1) is 13.8 Å². The summed E-state index contributed by atoms with van der Waals surface area (Å²) in [6.07, 6.45) is 3.60. The summed E-state index contributed by atoms with van der Waals surface area (Å²) in [6, 6.07) is -0.0251. The average Bonchev–Trinajstić information content (AvgIpc) is 3.12. The fourth-order valence-corrected chi connectivity index (χ4v) is 3.31. The van der Waals surface area contributed by atoms with E-state index in [1.165, 1.54) is 7.05 Å². The molecule has 4 heterocycles. The lowest BCUT2D eigenvalue weighted by Gasteiger charge is -2.24. The first-order valence-corrected chi connectivity index (χ1v) is 8.11. The van der Waals surface area contributed by atoms with Gasteiger partial charge in [-0.25, -0.2) is 9.67 Å². The molecule has 0 radical (unpaired) electrons. The zero-order chi connectivity index (χ0) is 17.7. The SMILES string of the molecule is Cc1cn2c(n1)CC[C@@H](NC(=O)c1nn(C)c(=O)c3noc(C)c13)C2. The molecule has 3 aromatic rings. The standard InChI is InChI=1S/C16H18N6O3/c1-8-6-22-7-10(4-5-11(22)17-8)18-15(23)13-12-9(2)25-20-14(12)16(24)21(3)19-13/h6,10H,4-5,7H2,1-3H3,(H,18,23)/t10-/m1/s1. The van der Waals surface area contributed by atoms with Gasteiger partial charge in [0.25, 0.3) is 11.5 Å². The van der Waals surface area contributed by atoms with Crippen LogP contribution in [-0.4, -0.2) is 36.4 Å². The fourth-order valence-electron chi connectivity index (χ4n) is 3.31. The summed E-state index contributed by atoms with van der Waals surface area (Å²) in [5.41, 5.74) is 0.864. The lowest BCUT2D eigenvalue weighted by molar-refractivity contribution is 0.0922. The number of nitrogens with zero attached hydrogens (tertiary/aromatic N) is 5. The second-order valence-corrected chi connectivity index (χ2v) is 6.40. The van der Waals surface area contributed by atoms with Gasteiger partial charge in [0.1, 0.15) is 11.6 Å². The molecule has 0 saturated heterocycles. The average molecular weight is 342 g/mol. The summed E-state index contributed by atoms with van der Waals surface area (Å²) in [6.45, 7) is 4.28.